The van der Waals surface area contributed by atoms with E-state index >= 15 is 0 Å². The Labute approximate surface area is 103 Å². The van der Waals surface area contributed by atoms with Crippen molar-refractivity contribution in [2.45, 2.75) is 18.2 Å². The highest BCUT2D eigenvalue weighted by atomic mass is 32.2. The van der Waals surface area contributed by atoms with Crippen molar-refractivity contribution in [1.82, 2.24) is 29.7 Å². The lowest BCUT2D eigenvalue weighted by Gasteiger charge is -2.05. The van der Waals surface area contributed by atoms with Gasteiger partial charge in [0.15, 0.2) is 5.03 Å². The van der Waals surface area contributed by atoms with Gasteiger partial charge in [-0.2, -0.15) is 5.10 Å². The SMILES string of the molecule is Cn1cnnc1CNS(=O)(=O)c1[nH]ncc1CO. The molecule has 0 bridgehead atoms. The monoisotopic (exact) mass is 272 g/mol. The second-order valence-electron chi connectivity index (χ2n) is 3.57. The van der Waals surface area contributed by atoms with E-state index in [0.717, 1.165) is 0 Å². The fourth-order valence-electron chi connectivity index (χ4n) is 1.34. The van der Waals surface area contributed by atoms with Crippen molar-refractivity contribution in [3.63, 3.8) is 0 Å². The van der Waals surface area contributed by atoms with Gasteiger partial charge in [-0.3, -0.25) is 5.10 Å². The highest BCUT2D eigenvalue weighted by Crippen LogP contribution is 2.11. The lowest BCUT2D eigenvalue weighted by molar-refractivity contribution is 0.278. The zero-order valence-corrected chi connectivity index (χ0v) is 10.3. The molecule has 2 heterocycles. The summed E-state index contributed by atoms with van der Waals surface area (Å²) in [6.45, 7) is -0.403. The molecule has 0 atom stereocenters. The van der Waals surface area contributed by atoms with Crippen LogP contribution in [0.3, 0.4) is 0 Å². The number of aliphatic hydroxyl groups is 1. The molecular formula is C8H12N6O3S. The molecule has 3 N–H and O–H groups in total. The second-order valence-corrected chi connectivity index (χ2v) is 5.27. The maximum absolute atomic E-state index is 11.9. The predicted molar refractivity (Wildman–Crippen MR) is 59.5 cm³/mol. The largest absolute Gasteiger partial charge is 0.392 e. The predicted octanol–water partition coefficient (Wildman–Crippen LogP) is -1.49. The molecule has 0 fully saturated rings. The van der Waals surface area contributed by atoms with Gasteiger partial charge in [-0.05, 0) is 0 Å². The van der Waals surface area contributed by atoms with Crippen LogP contribution in [0.4, 0.5) is 0 Å². The molecule has 9 nitrogen and oxygen atoms in total. The molecule has 2 rings (SSSR count). The first kappa shape index (κ1) is 12.7. The van der Waals surface area contributed by atoms with Gasteiger partial charge >= 0.3 is 0 Å². The van der Waals surface area contributed by atoms with Crippen molar-refractivity contribution in [1.29, 1.82) is 0 Å². The average Bonchev–Trinajstić information content (AvgIpc) is 2.95. The van der Waals surface area contributed by atoms with E-state index < -0.39 is 16.6 Å². The Morgan fingerprint density at radius 1 is 1.56 bits per heavy atom. The number of nitrogens with zero attached hydrogens (tertiary/aromatic N) is 4. The molecule has 0 aliphatic carbocycles. The van der Waals surface area contributed by atoms with Gasteiger partial charge in [-0.15, -0.1) is 10.2 Å². The Kier molecular flexibility index (Phi) is 3.41. The quantitative estimate of drug-likeness (QED) is 0.608. The number of aromatic amines is 1. The maximum atomic E-state index is 11.9. The molecule has 10 heteroatoms. The van der Waals surface area contributed by atoms with Crippen LogP contribution in [0, 0.1) is 0 Å². The molecule has 0 saturated heterocycles. The van der Waals surface area contributed by atoms with Crippen molar-refractivity contribution >= 4 is 10.0 Å². The van der Waals surface area contributed by atoms with Crippen LogP contribution in [-0.2, 0) is 30.2 Å². The van der Waals surface area contributed by atoms with Crippen LogP contribution in [-0.4, -0.2) is 38.5 Å². The molecule has 0 aliphatic rings. The van der Waals surface area contributed by atoms with E-state index in [-0.39, 0.29) is 17.1 Å². The molecule has 0 amide bonds. The average molecular weight is 272 g/mol. The summed E-state index contributed by atoms with van der Waals surface area (Å²) in [5, 5.41) is 22.2. The number of aryl methyl sites for hydroxylation is 1. The molecule has 0 unspecified atom stereocenters. The molecule has 18 heavy (non-hydrogen) atoms. The van der Waals surface area contributed by atoms with Crippen molar-refractivity contribution in [2.75, 3.05) is 0 Å². The topological polar surface area (TPSA) is 126 Å². The van der Waals surface area contributed by atoms with Crippen molar-refractivity contribution in [3.05, 3.63) is 23.9 Å². The normalized spacial score (nSPS) is 11.9. The van der Waals surface area contributed by atoms with E-state index in [1.54, 1.807) is 11.6 Å². The first-order valence-electron chi connectivity index (χ1n) is 5.00. The number of aliphatic hydroxyl groups excluding tert-OH is 1. The zero-order chi connectivity index (χ0) is 13.2. The molecule has 2 aromatic rings. The number of H-pyrrole nitrogens is 1. The van der Waals surface area contributed by atoms with E-state index in [0.29, 0.717) is 5.82 Å². The third kappa shape index (κ3) is 2.39. The van der Waals surface area contributed by atoms with Gasteiger partial charge in [-0.1, -0.05) is 0 Å². The van der Waals surface area contributed by atoms with Crippen LogP contribution in [0.1, 0.15) is 11.4 Å². The summed E-state index contributed by atoms with van der Waals surface area (Å²) in [6.07, 6.45) is 2.73. The van der Waals surface area contributed by atoms with Gasteiger partial charge in [0.2, 0.25) is 0 Å². The van der Waals surface area contributed by atoms with Gasteiger partial charge in [0.05, 0.1) is 19.3 Å². The van der Waals surface area contributed by atoms with Crippen LogP contribution in [0.5, 0.6) is 0 Å². The van der Waals surface area contributed by atoms with Gasteiger partial charge < -0.3 is 9.67 Å². The van der Waals surface area contributed by atoms with Crippen LogP contribution in [0.2, 0.25) is 0 Å². The fraction of sp³-hybridized carbons (Fsp3) is 0.375. The molecule has 0 saturated carbocycles. The second kappa shape index (κ2) is 4.84. The Bertz CT molecular complexity index is 631. The lowest BCUT2D eigenvalue weighted by atomic mass is 10.4. The third-order valence-electron chi connectivity index (χ3n) is 2.34. The summed E-state index contributed by atoms with van der Waals surface area (Å²) < 4.78 is 27.8. The number of sulfonamides is 1. The van der Waals surface area contributed by atoms with Gasteiger partial charge in [-0.25, -0.2) is 13.1 Å². The fourth-order valence-corrected chi connectivity index (χ4v) is 2.44. The molecular weight excluding hydrogens is 260 g/mol. The Balaban J connectivity index is 2.16. The summed E-state index contributed by atoms with van der Waals surface area (Å²) in [7, 11) is -2.05. The number of rotatable bonds is 5. The van der Waals surface area contributed by atoms with Crippen LogP contribution < -0.4 is 4.72 Å². The number of hydrogen-bond acceptors (Lipinski definition) is 6. The van der Waals surface area contributed by atoms with Crippen molar-refractivity contribution in [2.24, 2.45) is 7.05 Å². The van der Waals surface area contributed by atoms with E-state index in [1.807, 2.05) is 0 Å². The first-order chi connectivity index (χ1) is 8.54. The molecule has 2 aromatic heterocycles. The molecule has 0 radical (unpaired) electrons. The Hall–Kier alpha value is -1.78. The minimum absolute atomic E-state index is 0.00270. The van der Waals surface area contributed by atoms with E-state index in [9.17, 15) is 8.42 Å². The summed E-state index contributed by atoms with van der Waals surface area (Å²) in [5.41, 5.74) is 0.209. The summed E-state index contributed by atoms with van der Waals surface area (Å²) >= 11 is 0. The minimum Gasteiger partial charge on any atom is -0.392 e. The maximum Gasteiger partial charge on any atom is 0.258 e. The number of hydrogen-bond donors (Lipinski definition) is 3. The summed E-state index contributed by atoms with van der Waals surface area (Å²) in [5.74, 6) is 0.476. The smallest absolute Gasteiger partial charge is 0.258 e. The Morgan fingerprint density at radius 2 is 2.33 bits per heavy atom. The summed E-state index contributed by atoms with van der Waals surface area (Å²) in [6, 6.07) is 0. The van der Waals surface area contributed by atoms with Gasteiger partial charge in [0.1, 0.15) is 12.2 Å². The molecule has 0 spiro atoms. The summed E-state index contributed by atoms with van der Waals surface area (Å²) in [4.78, 5) is 0. The van der Waals surface area contributed by atoms with E-state index in [4.69, 9.17) is 5.11 Å². The van der Waals surface area contributed by atoms with Gasteiger partial charge in [0.25, 0.3) is 10.0 Å². The molecule has 0 aliphatic heterocycles. The highest BCUT2D eigenvalue weighted by Gasteiger charge is 2.20. The Morgan fingerprint density at radius 3 is 2.94 bits per heavy atom. The third-order valence-corrected chi connectivity index (χ3v) is 3.76. The van der Waals surface area contributed by atoms with Crippen molar-refractivity contribution in [3.8, 4) is 0 Å². The van der Waals surface area contributed by atoms with Crippen molar-refractivity contribution < 1.29 is 13.5 Å². The van der Waals surface area contributed by atoms with Crippen LogP contribution in [0.25, 0.3) is 0 Å². The number of nitrogens with one attached hydrogen (secondary N) is 2. The van der Waals surface area contributed by atoms with E-state index in [1.165, 1.54) is 12.5 Å². The number of aromatic nitrogens is 5. The van der Waals surface area contributed by atoms with Gasteiger partial charge in [0, 0.05) is 12.6 Å². The first-order valence-corrected chi connectivity index (χ1v) is 6.48. The van der Waals surface area contributed by atoms with E-state index in [2.05, 4.69) is 25.1 Å². The standard InChI is InChI=1S/C8H12N6O3S/c1-14-5-10-12-7(14)3-11-18(16,17)8-6(4-15)2-9-13-8/h2,5,11,15H,3-4H2,1H3,(H,9,13). The lowest BCUT2D eigenvalue weighted by Crippen LogP contribution is -2.26. The van der Waals surface area contributed by atoms with Crippen LogP contribution >= 0.6 is 0 Å². The highest BCUT2D eigenvalue weighted by molar-refractivity contribution is 7.89. The molecule has 98 valence electrons. The minimum atomic E-state index is -3.76. The van der Waals surface area contributed by atoms with Crippen LogP contribution in [0.15, 0.2) is 17.6 Å². The zero-order valence-electron chi connectivity index (χ0n) is 9.53. The molecule has 0 aromatic carbocycles.